The quantitative estimate of drug-likeness (QED) is 0.904. The van der Waals surface area contributed by atoms with Crippen LogP contribution in [0.5, 0.6) is 0 Å². The number of aromatic amines is 1. The fraction of sp³-hybridized carbons (Fsp3) is 0.450. The van der Waals surface area contributed by atoms with E-state index < -0.39 is 0 Å². The first-order chi connectivity index (χ1) is 12.3. The number of hydrogen-bond donors (Lipinski definition) is 2. The molecule has 0 spiro atoms. The van der Waals surface area contributed by atoms with Crippen LogP contribution in [0.15, 0.2) is 42.6 Å². The standard InChI is InChI=1S/C20H26N4O/c25-20(18-8-10-22-19(18)16-5-4-9-21-15-16)24-13-11-23(12-14-24)17-6-2-1-3-7-17/h1-3,6-8,10,16,21-22H,4-5,9,11-15H2. The number of aromatic nitrogens is 1. The number of benzene rings is 1. The minimum atomic E-state index is 0.175. The maximum atomic E-state index is 13.0. The van der Waals surface area contributed by atoms with E-state index >= 15 is 0 Å². The molecule has 0 aliphatic carbocycles. The highest BCUT2D eigenvalue weighted by molar-refractivity contribution is 5.95. The van der Waals surface area contributed by atoms with Gasteiger partial charge in [-0.3, -0.25) is 4.79 Å². The Morgan fingerprint density at radius 2 is 1.84 bits per heavy atom. The monoisotopic (exact) mass is 338 g/mol. The molecule has 3 heterocycles. The Labute approximate surface area is 149 Å². The molecule has 0 saturated carbocycles. The third-order valence-corrected chi connectivity index (χ3v) is 5.40. The van der Waals surface area contributed by atoms with E-state index in [2.05, 4.69) is 39.5 Å². The van der Waals surface area contributed by atoms with E-state index in [4.69, 9.17) is 0 Å². The first-order valence-corrected chi connectivity index (χ1v) is 9.30. The van der Waals surface area contributed by atoms with Gasteiger partial charge in [0.25, 0.3) is 5.91 Å². The molecule has 5 nitrogen and oxygen atoms in total. The molecular formula is C20H26N4O. The molecule has 1 amide bonds. The van der Waals surface area contributed by atoms with Crippen molar-refractivity contribution in [2.75, 3.05) is 44.2 Å². The minimum Gasteiger partial charge on any atom is -0.368 e. The molecule has 0 radical (unpaired) electrons. The van der Waals surface area contributed by atoms with Gasteiger partial charge in [0.15, 0.2) is 0 Å². The summed E-state index contributed by atoms with van der Waals surface area (Å²) in [4.78, 5) is 20.7. The summed E-state index contributed by atoms with van der Waals surface area (Å²) in [6.45, 7) is 5.38. The first-order valence-electron chi connectivity index (χ1n) is 9.30. The maximum absolute atomic E-state index is 13.0. The second-order valence-corrected chi connectivity index (χ2v) is 6.96. The third kappa shape index (κ3) is 3.42. The summed E-state index contributed by atoms with van der Waals surface area (Å²) in [6.07, 6.45) is 4.24. The van der Waals surface area contributed by atoms with Gasteiger partial charge in [0.2, 0.25) is 0 Å². The van der Waals surface area contributed by atoms with Crippen LogP contribution in [-0.4, -0.2) is 55.1 Å². The van der Waals surface area contributed by atoms with Crippen LogP contribution in [0, 0.1) is 0 Å². The number of hydrogen-bond acceptors (Lipinski definition) is 3. The van der Waals surface area contributed by atoms with Crippen LogP contribution in [-0.2, 0) is 0 Å². The van der Waals surface area contributed by atoms with Crippen molar-refractivity contribution >= 4 is 11.6 Å². The lowest BCUT2D eigenvalue weighted by molar-refractivity contribution is 0.0745. The average molecular weight is 338 g/mol. The summed E-state index contributed by atoms with van der Waals surface area (Å²) in [6, 6.07) is 12.4. The molecule has 1 atom stereocenters. The highest BCUT2D eigenvalue weighted by atomic mass is 16.2. The third-order valence-electron chi connectivity index (χ3n) is 5.40. The lowest BCUT2D eigenvalue weighted by Gasteiger charge is -2.36. The van der Waals surface area contributed by atoms with Crippen LogP contribution in [0.25, 0.3) is 0 Å². The van der Waals surface area contributed by atoms with Crippen molar-refractivity contribution in [3.8, 4) is 0 Å². The van der Waals surface area contributed by atoms with E-state index in [-0.39, 0.29) is 5.91 Å². The fourth-order valence-electron chi connectivity index (χ4n) is 3.98. The number of nitrogens with zero attached hydrogens (tertiary/aromatic N) is 2. The molecule has 4 rings (SSSR count). The summed E-state index contributed by atoms with van der Waals surface area (Å²) >= 11 is 0. The number of piperidine rings is 1. The van der Waals surface area contributed by atoms with Crippen LogP contribution in [0.3, 0.4) is 0 Å². The van der Waals surface area contributed by atoms with E-state index in [1.165, 1.54) is 12.1 Å². The number of carbonyl (C=O) groups is 1. The second-order valence-electron chi connectivity index (χ2n) is 6.96. The van der Waals surface area contributed by atoms with Crippen molar-refractivity contribution in [3.63, 3.8) is 0 Å². The Kier molecular flexibility index (Phi) is 4.74. The summed E-state index contributed by atoms with van der Waals surface area (Å²) < 4.78 is 0. The number of nitrogens with one attached hydrogen (secondary N) is 2. The van der Waals surface area contributed by atoms with Crippen molar-refractivity contribution in [2.24, 2.45) is 0 Å². The minimum absolute atomic E-state index is 0.175. The Hall–Kier alpha value is -2.27. The second kappa shape index (κ2) is 7.31. The number of para-hydroxylation sites is 1. The van der Waals surface area contributed by atoms with Gasteiger partial charge in [-0.05, 0) is 37.6 Å². The summed E-state index contributed by atoms with van der Waals surface area (Å²) in [5.41, 5.74) is 3.22. The van der Waals surface area contributed by atoms with Crippen LogP contribution in [0.4, 0.5) is 5.69 Å². The average Bonchev–Trinajstić information content (AvgIpc) is 3.19. The number of anilines is 1. The zero-order valence-electron chi connectivity index (χ0n) is 14.6. The topological polar surface area (TPSA) is 51.4 Å². The molecule has 1 unspecified atom stereocenters. The molecule has 2 saturated heterocycles. The Morgan fingerprint density at radius 1 is 1.04 bits per heavy atom. The van der Waals surface area contributed by atoms with Gasteiger partial charge >= 0.3 is 0 Å². The van der Waals surface area contributed by atoms with Gasteiger partial charge in [0.05, 0.1) is 5.56 Å². The van der Waals surface area contributed by atoms with E-state index in [1.807, 2.05) is 23.2 Å². The van der Waals surface area contributed by atoms with Crippen LogP contribution in [0.2, 0.25) is 0 Å². The van der Waals surface area contributed by atoms with Crippen LogP contribution < -0.4 is 10.2 Å². The lowest BCUT2D eigenvalue weighted by atomic mass is 9.93. The van der Waals surface area contributed by atoms with Crippen molar-refractivity contribution in [3.05, 3.63) is 53.9 Å². The number of carbonyl (C=O) groups excluding carboxylic acids is 1. The van der Waals surface area contributed by atoms with Crippen molar-refractivity contribution in [1.82, 2.24) is 15.2 Å². The highest BCUT2D eigenvalue weighted by Crippen LogP contribution is 2.26. The van der Waals surface area contributed by atoms with E-state index in [0.717, 1.165) is 56.9 Å². The van der Waals surface area contributed by atoms with E-state index in [9.17, 15) is 4.79 Å². The van der Waals surface area contributed by atoms with Crippen molar-refractivity contribution < 1.29 is 4.79 Å². The van der Waals surface area contributed by atoms with Gasteiger partial charge in [-0.25, -0.2) is 0 Å². The predicted octanol–water partition coefficient (Wildman–Crippen LogP) is 2.44. The zero-order chi connectivity index (χ0) is 17.1. The summed E-state index contributed by atoms with van der Waals surface area (Å²) in [7, 11) is 0. The van der Waals surface area contributed by atoms with Gasteiger partial charge in [-0.15, -0.1) is 0 Å². The maximum Gasteiger partial charge on any atom is 0.255 e. The van der Waals surface area contributed by atoms with Gasteiger partial charge in [0, 0.05) is 56.2 Å². The van der Waals surface area contributed by atoms with Gasteiger partial charge < -0.3 is 20.1 Å². The molecule has 0 bridgehead atoms. The number of piperazine rings is 1. The number of amides is 1. The van der Waals surface area contributed by atoms with Gasteiger partial charge in [-0.2, -0.15) is 0 Å². The number of rotatable bonds is 3. The highest BCUT2D eigenvalue weighted by Gasteiger charge is 2.27. The van der Waals surface area contributed by atoms with Gasteiger partial charge in [-0.1, -0.05) is 18.2 Å². The summed E-state index contributed by atoms with van der Waals surface area (Å²) in [5.74, 6) is 0.600. The SMILES string of the molecule is O=C(c1cc[nH]c1C1CCCNC1)N1CCN(c2ccccc2)CC1. The Balaban J connectivity index is 1.42. The van der Waals surface area contributed by atoms with Crippen LogP contribution >= 0.6 is 0 Å². The normalized spacial score (nSPS) is 21.4. The van der Waals surface area contributed by atoms with Gasteiger partial charge in [0.1, 0.15) is 0 Å². The lowest BCUT2D eigenvalue weighted by Crippen LogP contribution is -2.49. The predicted molar refractivity (Wildman–Crippen MR) is 100 cm³/mol. The Morgan fingerprint density at radius 3 is 2.56 bits per heavy atom. The number of H-pyrrole nitrogens is 1. The molecule has 1 aromatic heterocycles. The van der Waals surface area contributed by atoms with E-state index in [0.29, 0.717) is 5.92 Å². The Bertz CT molecular complexity index is 697. The molecule has 2 N–H and O–H groups in total. The molecular weight excluding hydrogens is 312 g/mol. The molecule has 132 valence electrons. The van der Waals surface area contributed by atoms with Crippen molar-refractivity contribution in [1.29, 1.82) is 0 Å². The molecule has 5 heteroatoms. The fourth-order valence-corrected chi connectivity index (χ4v) is 3.98. The molecule has 25 heavy (non-hydrogen) atoms. The molecule has 2 aliphatic heterocycles. The van der Waals surface area contributed by atoms with Crippen molar-refractivity contribution in [2.45, 2.75) is 18.8 Å². The van der Waals surface area contributed by atoms with Crippen LogP contribution in [0.1, 0.15) is 34.8 Å². The molecule has 2 fully saturated rings. The first kappa shape index (κ1) is 16.2. The zero-order valence-corrected chi connectivity index (χ0v) is 14.6. The molecule has 1 aromatic carbocycles. The largest absolute Gasteiger partial charge is 0.368 e. The molecule has 2 aromatic rings. The summed E-state index contributed by atoms with van der Waals surface area (Å²) in [5, 5.41) is 3.44. The van der Waals surface area contributed by atoms with E-state index in [1.54, 1.807) is 0 Å². The molecule has 2 aliphatic rings. The smallest absolute Gasteiger partial charge is 0.255 e.